The minimum Gasteiger partial charge on any atom is -0.350 e. The number of pyridine rings is 1. The third kappa shape index (κ3) is 1.24. The summed E-state index contributed by atoms with van der Waals surface area (Å²) in [6.07, 6.45) is 1.59. The molecule has 74 valence electrons. The molecule has 1 N–H and O–H groups in total. The number of H-pyrrole nitrogens is 1. The van der Waals surface area contributed by atoms with Crippen LogP contribution in [0.15, 0.2) is 12.3 Å². The van der Waals surface area contributed by atoms with Crippen molar-refractivity contribution in [2.75, 3.05) is 0 Å². The SMILES string of the molecule is Clc1cc2[nH]c3cnnc-3c(Cl)c2nn1. The van der Waals surface area contributed by atoms with Crippen LogP contribution >= 0.6 is 23.2 Å². The number of nitrogens with one attached hydrogen (secondary N) is 1. The van der Waals surface area contributed by atoms with Gasteiger partial charge in [0.25, 0.3) is 0 Å². The van der Waals surface area contributed by atoms with Crippen molar-refractivity contribution in [1.29, 1.82) is 0 Å². The van der Waals surface area contributed by atoms with Crippen molar-refractivity contribution in [2.45, 2.75) is 0 Å². The molecule has 0 saturated carbocycles. The largest absolute Gasteiger partial charge is 0.350 e. The first-order valence-electron chi connectivity index (χ1n) is 4.07. The molecule has 0 aliphatic carbocycles. The van der Waals surface area contributed by atoms with Crippen molar-refractivity contribution in [2.24, 2.45) is 0 Å². The first-order chi connectivity index (χ1) is 7.25. The number of aromatic nitrogens is 5. The van der Waals surface area contributed by atoms with Gasteiger partial charge in [-0.05, 0) is 0 Å². The fourth-order valence-corrected chi connectivity index (χ4v) is 1.82. The third-order valence-electron chi connectivity index (χ3n) is 2.05. The van der Waals surface area contributed by atoms with Crippen LogP contribution in [0, 0.1) is 0 Å². The molecule has 7 heteroatoms. The van der Waals surface area contributed by atoms with E-state index in [1.54, 1.807) is 12.3 Å². The minimum atomic E-state index is 0.307. The molecule has 5 nitrogen and oxygen atoms in total. The third-order valence-corrected chi connectivity index (χ3v) is 2.59. The Bertz CT molecular complexity index is 620. The van der Waals surface area contributed by atoms with Crippen LogP contribution in [0.25, 0.3) is 22.4 Å². The Morgan fingerprint density at radius 2 is 2.00 bits per heavy atom. The van der Waals surface area contributed by atoms with E-state index in [1.165, 1.54) is 0 Å². The zero-order valence-electron chi connectivity index (χ0n) is 7.20. The smallest absolute Gasteiger partial charge is 0.153 e. The summed E-state index contributed by atoms with van der Waals surface area (Å²) in [6, 6.07) is 1.65. The summed E-state index contributed by atoms with van der Waals surface area (Å²) in [7, 11) is 0. The second-order valence-electron chi connectivity index (χ2n) is 2.98. The number of halogens is 2. The molecule has 0 fully saturated rings. The maximum atomic E-state index is 6.10. The molecule has 0 unspecified atom stereocenters. The number of fused-ring (bicyclic) bond motifs is 2. The highest BCUT2D eigenvalue weighted by molar-refractivity contribution is 6.37. The number of hydrogen-bond donors (Lipinski definition) is 1. The topological polar surface area (TPSA) is 67.3 Å². The normalized spacial score (nSPS) is 11.3. The summed E-state index contributed by atoms with van der Waals surface area (Å²) in [5.41, 5.74) is 2.58. The molecule has 1 aromatic heterocycles. The van der Waals surface area contributed by atoms with E-state index in [9.17, 15) is 0 Å². The van der Waals surface area contributed by atoms with Crippen LogP contribution in [-0.4, -0.2) is 25.4 Å². The number of rotatable bonds is 0. The fourth-order valence-electron chi connectivity index (χ4n) is 1.40. The van der Waals surface area contributed by atoms with Crippen LogP contribution in [0.3, 0.4) is 0 Å². The second-order valence-corrected chi connectivity index (χ2v) is 3.74. The van der Waals surface area contributed by atoms with Gasteiger partial charge in [-0.25, -0.2) is 0 Å². The van der Waals surface area contributed by atoms with E-state index in [-0.39, 0.29) is 0 Å². The highest BCUT2D eigenvalue weighted by Crippen LogP contribution is 2.31. The van der Waals surface area contributed by atoms with Gasteiger partial charge in [-0.2, -0.15) is 5.10 Å². The van der Waals surface area contributed by atoms with Gasteiger partial charge in [0.05, 0.1) is 17.4 Å². The molecule has 2 aliphatic rings. The van der Waals surface area contributed by atoms with Gasteiger partial charge in [-0.15, -0.1) is 15.3 Å². The zero-order valence-corrected chi connectivity index (χ0v) is 8.71. The molecular formula is C8H3Cl2N5. The van der Waals surface area contributed by atoms with E-state index in [0.29, 0.717) is 26.9 Å². The predicted octanol–water partition coefficient (Wildman–Crippen LogP) is 2.16. The van der Waals surface area contributed by atoms with Crippen molar-refractivity contribution < 1.29 is 0 Å². The van der Waals surface area contributed by atoms with Gasteiger partial charge >= 0.3 is 0 Å². The molecule has 0 bridgehead atoms. The van der Waals surface area contributed by atoms with Crippen LogP contribution in [-0.2, 0) is 0 Å². The Kier molecular flexibility index (Phi) is 1.77. The number of hydrogen-bond acceptors (Lipinski definition) is 4. The predicted molar refractivity (Wildman–Crippen MR) is 56.1 cm³/mol. The van der Waals surface area contributed by atoms with E-state index >= 15 is 0 Å². The summed E-state index contributed by atoms with van der Waals surface area (Å²) in [6.45, 7) is 0. The average molecular weight is 240 g/mol. The molecule has 3 heterocycles. The number of nitrogens with zero attached hydrogens (tertiary/aromatic N) is 4. The van der Waals surface area contributed by atoms with Gasteiger partial charge in [0.15, 0.2) is 5.15 Å². The average Bonchev–Trinajstić information content (AvgIpc) is 2.65. The van der Waals surface area contributed by atoms with E-state index in [4.69, 9.17) is 23.2 Å². The Morgan fingerprint density at radius 1 is 1.13 bits per heavy atom. The molecule has 3 rings (SSSR count). The summed E-state index contributed by atoms with van der Waals surface area (Å²) in [5.74, 6) is 0. The second kappa shape index (κ2) is 3.01. The summed E-state index contributed by atoms with van der Waals surface area (Å²) >= 11 is 11.8. The Labute approximate surface area is 93.8 Å². The van der Waals surface area contributed by atoms with Crippen LogP contribution in [0.2, 0.25) is 10.2 Å². The lowest BCUT2D eigenvalue weighted by Gasteiger charge is -2.04. The first kappa shape index (κ1) is 8.82. The molecule has 15 heavy (non-hydrogen) atoms. The molecule has 0 atom stereocenters. The van der Waals surface area contributed by atoms with Gasteiger partial charge in [-0.3, -0.25) is 0 Å². The van der Waals surface area contributed by atoms with Crippen LogP contribution in [0.4, 0.5) is 0 Å². The molecule has 0 aromatic carbocycles. The molecule has 0 saturated heterocycles. The molecule has 0 spiro atoms. The molecule has 0 radical (unpaired) electrons. The number of aromatic amines is 1. The van der Waals surface area contributed by atoms with E-state index < -0.39 is 0 Å². The molecular weight excluding hydrogens is 237 g/mol. The first-order valence-corrected chi connectivity index (χ1v) is 4.83. The van der Waals surface area contributed by atoms with Crippen molar-refractivity contribution in [3.63, 3.8) is 0 Å². The monoisotopic (exact) mass is 239 g/mol. The maximum absolute atomic E-state index is 6.10. The molecule has 1 aromatic rings. The van der Waals surface area contributed by atoms with E-state index in [1.807, 2.05) is 0 Å². The van der Waals surface area contributed by atoms with Crippen LogP contribution < -0.4 is 0 Å². The summed E-state index contributed by atoms with van der Waals surface area (Å²) in [5, 5.41) is 16.0. The van der Waals surface area contributed by atoms with Gasteiger partial charge < -0.3 is 4.98 Å². The molecule has 2 aliphatic heterocycles. The lowest BCUT2D eigenvalue weighted by molar-refractivity contribution is 1.06. The standard InChI is InChI=1S/C8H3Cl2N5/c9-5-1-3-7(15-13-5)6(10)8-4(12-3)2-11-14-8/h1-2,12H. The molecule has 0 amide bonds. The summed E-state index contributed by atoms with van der Waals surface area (Å²) in [4.78, 5) is 3.07. The van der Waals surface area contributed by atoms with Crippen LogP contribution in [0.5, 0.6) is 0 Å². The summed E-state index contributed by atoms with van der Waals surface area (Å²) < 4.78 is 0. The lowest BCUT2D eigenvalue weighted by atomic mass is 10.2. The van der Waals surface area contributed by atoms with Crippen molar-refractivity contribution in [3.8, 4) is 11.4 Å². The van der Waals surface area contributed by atoms with Crippen LogP contribution in [0.1, 0.15) is 0 Å². The van der Waals surface area contributed by atoms with Gasteiger partial charge in [-0.1, -0.05) is 23.2 Å². The Morgan fingerprint density at radius 3 is 2.87 bits per heavy atom. The highest BCUT2D eigenvalue weighted by Gasteiger charge is 2.15. The van der Waals surface area contributed by atoms with E-state index in [0.717, 1.165) is 5.69 Å². The Balaban J connectivity index is 2.53. The van der Waals surface area contributed by atoms with Gasteiger partial charge in [0, 0.05) is 6.07 Å². The van der Waals surface area contributed by atoms with Gasteiger partial charge in [0.1, 0.15) is 16.2 Å². The quantitative estimate of drug-likeness (QED) is 0.653. The van der Waals surface area contributed by atoms with Crippen molar-refractivity contribution >= 4 is 34.2 Å². The lowest BCUT2D eigenvalue weighted by Crippen LogP contribution is -1.92. The van der Waals surface area contributed by atoms with Gasteiger partial charge in [0.2, 0.25) is 0 Å². The minimum absolute atomic E-state index is 0.307. The fraction of sp³-hybridized carbons (Fsp3) is 0. The maximum Gasteiger partial charge on any atom is 0.153 e. The van der Waals surface area contributed by atoms with Crippen molar-refractivity contribution in [3.05, 3.63) is 22.4 Å². The Hall–Kier alpha value is -1.46. The van der Waals surface area contributed by atoms with Crippen molar-refractivity contribution in [1.82, 2.24) is 25.4 Å². The van der Waals surface area contributed by atoms with E-state index in [2.05, 4.69) is 25.4 Å². The highest BCUT2D eigenvalue weighted by atomic mass is 35.5. The zero-order chi connectivity index (χ0) is 10.4.